The number of aryl methyl sites for hydroxylation is 1. The van der Waals surface area contributed by atoms with Crippen LogP contribution in [0.1, 0.15) is 57.0 Å². The molecule has 2 aromatic rings. The monoisotopic (exact) mass is 291 g/mol. The minimum atomic E-state index is 0.447. The molecule has 0 radical (unpaired) electrons. The minimum Gasteiger partial charge on any atom is -0.314 e. The van der Waals surface area contributed by atoms with E-state index in [4.69, 9.17) is 0 Å². The van der Waals surface area contributed by atoms with Gasteiger partial charge < -0.3 is 5.32 Å². The smallest absolute Gasteiger partial charge is 0.127 e. The molecule has 0 fully saturated rings. The van der Waals surface area contributed by atoms with Crippen LogP contribution in [0.2, 0.25) is 0 Å². The van der Waals surface area contributed by atoms with Gasteiger partial charge in [0.25, 0.3) is 0 Å². The second-order valence-corrected chi connectivity index (χ2v) is 6.42. The Hall–Kier alpha value is -1.00. The molecule has 0 aliphatic heterocycles. The first kappa shape index (κ1) is 15.4. The lowest BCUT2D eigenvalue weighted by Gasteiger charge is -2.23. The SMILES string of the molecule is CCCNC(C)C(CC)c1ncnc2sc(CC)cc12. The molecule has 2 unspecified atom stereocenters. The summed E-state index contributed by atoms with van der Waals surface area (Å²) >= 11 is 1.80. The Kier molecular flexibility index (Phi) is 5.49. The molecule has 0 aromatic carbocycles. The maximum absolute atomic E-state index is 4.61. The third-order valence-corrected chi connectivity index (χ3v) is 5.06. The van der Waals surface area contributed by atoms with Gasteiger partial charge in [-0.2, -0.15) is 0 Å². The van der Waals surface area contributed by atoms with Gasteiger partial charge in [0.1, 0.15) is 11.2 Å². The third-order valence-electron chi connectivity index (χ3n) is 3.87. The molecule has 3 nitrogen and oxygen atoms in total. The average molecular weight is 291 g/mol. The molecule has 0 aliphatic rings. The third kappa shape index (κ3) is 3.18. The number of nitrogens with zero attached hydrogens (tertiary/aromatic N) is 2. The molecular formula is C16H25N3S. The Morgan fingerprint density at radius 2 is 2.05 bits per heavy atom. The summed E-state index contributed by atoms with van der Waals surface area (Å²) in [5.41, 5.74) is 1.21. The summed E-state index contributed by atoms with van der Waals surface area (Å²) in [5, 5.41) is 4.87. The van der Waals surface area contributed by atoms with Crippen LogP contribution in [0.3, 0.4) is 0 Å². The van der Waals surface area contributed by atoms with Crippen molar-refractivity contribution in [3.05, 3.63) is 23.0 Å². The van der Waals surface area contributed by atoms with E-state index in [9.17, 15) is 0 Å². The van der Waals surface area contributed by atoms with Crippen molar-refractivity contribution in [2.24, 2.45) is 0 Å². The topological polar surface area (TPSA) is 37.8 Å². The zero-order chi connectivity index (χ0) is 14.5. The van der Waals surface area contributed by atoms with Gasteiger partial charge in [-0.15, -0.1) is 11.3 Å². The molecule has 20 heavy (non-hydrogen) atoms. The maximum Gasteiger partial charge on any atom is 0.127 e. The van der Waals surface area contributed by atoms with Crippen LogP contribution in [-0.2, 0) is 6.42 Å². The molecule has 1 N–H and O–H groups in total. The van der Waals surface area contributed by atoms with Gasteiger partial charge in [0.05, 0.1) is 5.69 Å². The average Bonchev–Trinajstić information content (AvgIpc) is 2.89. The second-order valence-electron chi connectivity index (χ2n) is 5.30. The molecule has 110 valence electrons. The number of aromatic nitrogens is 2. The quantitative estimate of drug-likeness (QED) is 0.833. The van der Waals surface area contributed by atoms with Gasteiger partial charge in [-0.3, -0.25) is 0 Å². The Balaban J connectivity index is 2.35. The number of thiophene rings is 1. The summed E-state index contributed by atoms with van der Waals surface area (Å²) in [7, 11) is 0. The molecular weight excluding hydrogens is 266 g/mol. The van der Waals surface area contributed by atoms with E-state index < -0.39 is 0 Å². The highest BCUT2D eigenvalue weighted by Gasteiger charge is 2.21. The van der Waals surface area contributed by atoms with E-state index in [1.54, 1.807) is 17.7 Å². The lowest BCUT2D eigenvalue weighted by Crippen LogP contribution is -2.33. The summed E-state index contributed by atoms with van der Waals surface area (Å²) in [4.78, 5) is 11.6. The summed E-state index contributed by atoms with van der Waals surface area (Å²) < 4.78 is 0. The fraction of sp³-hybridized carbons (Fsp3) is 0.625. The first-order chi connectivity index (χ1) is 9.71. The van der Waals surface area contributed by atoms with E-state index in [0.29, 0.717) is 12.0 Å². The maximum atomic E-state index is 4.61. The van der Waals surface area contributed by atoms with Crippen LogP contribution < -0.4 is 5.32 Å². The van der Waals surface area contributed by atoms with Gasteiger partial charge in [0, 0.05) is 22.2 Å². The number of rotatable bonds is 7. The number of fused-ring (bicyclic) bond motifs is 1. The zero-order valence-electron chi connectivity index (χ0n) is 12.9. The van der Waals surface area contributed by atoms with Crippen LogP contribution in [0.5, 0.6) is 0 Å². The van der Waals surface area contributed by atoms with Crippen LogP contribution in [0, 0.1) is 0 Å². The van der Waals surface area contributed by atoms with Crippen molar-refractivity contribution in [1.29, 1.82) is 0 Å². The van der Waals surface area contributed by atoms with Crippen molar-refractivity contribution < 1.29 is 0 Å². The highest BCUT2D eigenvalue weighted by molar-refractivity contribution is 7.18. The lowest BCUT2D eigenvalue weighted by atomic mass is 9.92. The number of nitrogens with one attached hydrogen (secondary N) is 1. The van der Waals surface area contributed by atoms with Gasteiger partial charge in [0.2, 0.25) is 0 Å². The Morgan fingerprint density at radius 1 is 1.25 bits per heavy atom. The first-order valence-corrected chi connectivity index (χ1v) is 8.49. The molecule has 0 spiro atoms. The van der Waals surface area contributed by atoms with Crippen molar-refractivity contribution in [3.8, 4) is 0 Å². The Morgan fingerprint density at radius 3 is 2.70 bits per heavy atom. The number of hydrogen-bond donors (Lipinski definition) is 1. The second kappa shape index (κ2) is 7.14. The first-order valence-electron chi connectivity index (χ1n) is 7.67. The molecule has 0 amide bonds. The molecule has 2 atom stereocenters. The standard InChI is InChI=1S/C16H25N3S/c1-5-8-17-11(4)13(7-3)15-14-9-12(6-2)20-16(14)19-10-18-15/h9-11,13,17H,5-8H2,1-4H3. The van der Waals surface area contributed by atoms with Crippen molar-refractivity contribution in [2.45, 2.75) is 58.9 Å². The molecule has 2 rings (SSSR count). The Bertz CT molecular complexity index is 550. The van der Waals surface area contributed by atoms with E-state index >= 15 is 0 Å². The van der Waals surface area contributed by atoms with Crippen molar-refractivity contribution in [2.75, 3.05) is 6.54 Å². The van der Waals surface area contributed by atoms with Gasteiger partial charge >= 0.3 is 0 Å². The molecule has 0 saturated heterocycles. The van der Waals surface area contributed by atoms with Crippen LogP contribution >= 0.6 is 11.3 Å². The number of hydrogen-bond acceptors (Lipinski definition) is 4. The molecule has 2 heterocycles. The highest BCUT2D eigenvalue weighted by atomic mass is 32.1. The van der Waals surface area contributed by atoms with E-state index in [-0.39, 0.29) is 0 Å². The predicted octanol–water partition coefficient (Wildman–Crippen LogP) is 4.14. The van der Waals surface area contributed by atoms with Gasteiger partial charge in [-0.1, -0.05) is 20.8 Å². The summed E-state index contributed by atoms with van der Waals surface area (Å²) in [6.07, 6.45) is 5.06. The van der Waals surface area contributed by atoms with E-state index in [1.807, 2.05) is 0 Å². The van der Waals surface area contributed by atoms with Crippen LogP contribution in [0.15, 0.2) is 12.4 Å². The lowest BCUT2D eigenvalue weighted by molar-refractivity contribution is 0.445. The van der Waals surface area contributed by atoms with Crippen molar-refractivity contribution >= 4 is 21.6 Å². The van der Waals surface area contributed by atoms with E-state index in [0.717, 1.165) is 24.2 Å². The fourth-order valence-corrected chi connectivity index (χ4v) is 3.63. The van der Waals surface area contributed by atoms with Crippen molar-refractivity contribution in [1.82, 2.24) is 15.3 Å². The normalized spacial score (nSPS) is 14.6. The van der Waals surface area contributed by atoms with Gasteiger partial charge in [-0.25, -0.2) is 9.97 Å². The molecule has 0 aliphatic carbocycles. The summed E-state index contributed by atoms with van der Waals surface area (Å²) in [6.45, 7) is 9.98. The Labute approximate surface area is 125 Å². The largest absolute Gasteiger partial charge is 0.314 e. The summed E-state index contributed by atoms with van der Waals surface area (Å²) in [6, 6.07) is 2.73. The van der Waals surface area contributed by atoms with Crippen LogP contribution in [0.25, 0.3) is 10.2 Å². The van der Waals surface area contributed by atoms with Crippen LogP contribution in [-0.4, -0.2) is 22.6 Å². The van der Waals surface area contributed by atoms with Crippen LogP contribution in [0.4, 0.5) is 0 Å². The minimum absolute atomic E-state index is 0.447. The van der Waals surface area contributed by atoms with E-state index in [2.05, 4.69) is 49.0 Å². The van der Waals surface area contributed by atoms with E-state index in [1.165, 1.54) is 22.4 Å². The van der Waals surface area contributed by atoms with Crippen molar-refractivity contribution in [3.63, 3.8) is 0 Å². The summed E-state index contributed by atoms with van der Waals surface area (Å²) in [5.74, 6) is 0.450. The molecule has 2 aromatic heterocycles. The molecule has 0 saturated carbocycles. The van der Waals surface area contributed by atoms with Gasteiger partial charge in [0.15, 0.2) is 0 Å². The predicted molar refractivity (Wildman–Crippen MR) is 87.6 cm³/mol. The zero-order valence-corrected chi connectivity index (χ0v) is 13.8. The fourth-order valence-electron chi connectivity index (χ4n) is 2.69. The molecule has 4 heteroatoms. The highest BCUT2D eigenvalue weighted by Crippen LogP contribution is 2.32. The molecule has 0 bridgehead atoms. The van der Waals surface area contributed by atoms with Gasteiger partial charge in [-0.05, 0) is 38.8 Å².